The molecule has 0 radical (unpaired) electrons. The number of benzene rings is 1. The Bertz CT molecular complexity index is 663. The Morgan fingerprint density at radius 3 is 3.10 bits per heavy atom. The third-order valence-electron chi connectivity index (χ3n) is 3.29. The van der Waals surface area contributed by atoms with Crippen molar-refractivity contribution in [3.8, 4) is 16.2 Å². The molecule has 4 nitrogen and oxygen atoms in total. The Hall–Kier alpha value is -1.88. The van der Waals surface area contributed by atoms with E-state index >= 15 is 0 Å². The van der Waals surface area contributed by atoms with Crippen LogP contribution in [0.5, 0.6) is 5.75 Å². The number of ether oxygens (including phenoxy) is 1. The molecule has 0 saturated heterocycles. The zero-order valence-corrected chi connectivity index (χ0v) is 12.0. The molecular formula is C15H15NO3S. The average Bonchev–Trinajstić information content (AvgIpc) is 3.04. The summed E-state index contributed by atoms with van der Waals surface area (Å²) in [5, 5.41) is 10.2. The van der Waals surface area contributed by atoms with Gasteiger partial charge < -0.3 is 9.84 Å². The molecule has 0 fully saturated rings. The van der Waals surface area contributed by atoms with Gasteiger partial charge in [0.25, 0.3) is 0 Å². The van der Waals surface area contributed by atoms with E-state index in [1.54, 1.807) is 0 Å². The molecule has 0 spiro atoms. The van der Waals surface area contributed by atoms with Gasteiger partial charge in [-0.2, -0.15) is 0 Å². The zero-order valence-electron chi connectivity index (χ0n) is 11.2. The van der Waals surface area contributed by atoms with E-state index in [1.807, 2.05) is 18.2 Å². The average molecular weight is 289 g/mol. The van der Waals surface area contributed by atoms with E-state index in [2.05, 4.69) is 11.9 Å². The molecule has 1 aliphatic heterocycles. The number of hydrogen-bond acceptors (Lipinski definition) is 4. The molecule has 1 N–H and O–H groups in total. The van der Waals surface area contributed by atoms with Crippen LogP contribution < -0.4 is 4.74 Å². The van der Waals surface area contributed by atoms with E-state index in [1.165, 1.54) is 11.3 Å². The van der Waals surface area contributed by atoms with Gasteiger partial charge in [-0.15, -0.1) is 11.3 Å². The van der Waals surface area contributed by atoms with Crippen LogP contribution in [-0.4, -0.2) is 22.7 Å². The number of rotatable bonds is 4. The second kappa shape index (κ2) is 5.25. The molecule has 104 valence electrons. The number of aryl methyl sites for hydroxylation is 1. The third kappa shape index (κ3) is 2.29. The Kier molecular flexibility index (Phi) is 3.44. The van der Waals surface area contributed by atoms with Gasteiger partial charge in [-0.25, -0.2) is 9.78 Å². The lowest BCUT2D eigenvalue weighted by atomic mass is 10.1. The normalized spacial score (nSPS) is 13.1. The van der Waals surface area contributed by atoms with Crippen LogP contribution in [0.1, 0.15) is 34.4 Å². The molecule has 5 heteroatoms. The fourth-order valence-electron chi connectivity index (χ4n) is 2.35. The van der Waals surface area contributed by atoms with Crippen molar-refractivity contribution in [1.82, 2.24) is 4.98 Å². The molecule has 1 aromatic heterocycles. The number of carbonyl (C=O) groups is 1. The zero-order chi connectivity index (χ0) is 14.1. The van der Waals surface area contributed by atoms with Crippen LogP contribution >= 0.6 is 11.3 Å². The molecule has 0 atom stereocenters. The van der Waals surface area contributed by atoms with Crippen molar-refractivity contribution >= 4 is 17.3 Å². The monoisotopic (exact) mass is 289 g/mol. The van der Waals surface area contributed by atoms with Crippen molar-refractivity contribution in [2.24, 2.45) is 0 Å². The molecule has 2 aromatic rings. The topological polar surface area (TPSA) is 59.4 Å². The fraction of sp³-hybridized carbons (Fsp3) is 0.333. The predicted molar refractivity (Wildman–Crippen MR) is 77.7 cm³/mol. The summed E-state index contributed by atoms with van der Waals surface area (Å²) < 4.78 is 5.48. The van der Waals surface area contributed by atoms with E-state index in [0.29, 0.717) is 6.61 Å². The van der Waals surface area contributed by atoms with Crippen molar-refractivity contribution in [3.63, 3.8) is 0 Å². The second-order valence-electron chi connectivity index (χ2n) is 4.76. The Balaban J connectivity index is 2.06. The van der Waals surface area contributed by atoms with Crippen molar-refractivity contribution in [3.05, 3.63) is 34.5 Å². The summed E-state index contributed by atoms with van der Waals surface area (Å²) in [5.41, 5.74) is 2.23. The lowest BCUT2D eigenvalue weighted by molar-refractivity contribution is 0.0692. The summed E-state index contributed by atoms with van der Waals surface area (Å²) in [5.74, 6) is -0.0562. The van der Waals surface area contributed by atoms with Crippen molar-refractivity contribution < 1.29 is 14.6 Å². The van der Waals surface area contributed by atoms with Gasteiger partial charge in [0.1, 0.15) is 5.75 Å². The molecule has 0 unspecified atom stereocenters. The maximum Gasteiger partial charge on any atom is 0.356 e. The van der Waals surface area contributed by atoms with Crippen LogP contribution in [0.2, 0.25) is 0 Å². The Morgan fingerprint density at radius 2 is 2.35 bits per heavy atom. The third-order valence-corrected chi connectivity index (χ3v) is 4.45. The van der Waals surface area contributed by atoms with Gasteiger partial charge in [0.15, 0.2) is 5.69 Å². The summed E-state index contributed by atoms with van der Waals surface area (Å²) in [7, 11) is 0. The van der Waals surface area contributed by atoms with Crippen LogP contribution in [-0.2, 0) is 12.8 Å². The van der Waals surface area contributed by atoms with Gasteiger partial charge in [-0.3, -0.25) is 0 Å². The molecule has 1 aromatic carbocycles. The lowest BCUT2D eigenvalue weighted by Crippen LogP contribution is -1.99. The minimum absolute atomic E-state index is 0.164. The molecule has 20 heavy (non-hydrogen) atoms. The number of carboxylic acids is 1. The first kappa shape index (κ1) is 13.1. The van der Waals surface area contributed by atoms with Crippen molar-refractivity contribution in [2.45, 2.75) is 26.2 Å². The lowest BCUT2D eigenvalue weighted by Gasteiger charge is -2.02. The van der Waals surface area contributed by atoms with E-state index < -0.39 is 5.97 Å². The van der Waals surface area contributed by atoms with Gasteiger partial charge in [0.05, 0.1) is 16.5 Å². The summed E-state index contributed by atoms with van der Waals surface area (Å²) >= 11 is 1.48. The van der Waals surface area contributed by atoms with E-state index in [0.717, 1.165) is 46.0 Å². The highest BCUT2D eigenvalue weighted by molar-refractivity contribution is 7.15. The molecule has 2 heterocycles. The molecule has 0 bridgehead atoms. The van der Waals surface area contributed by atoms with Gasteiger partial charge in [0, 0.05) is 6.42 Å². The molecular weight excluding hydrogens is 274 g/mol. The SMILES string of the molecule is CCCc1nc(C(=O)O)c(-c2ccc3c(c2)CCO3)s1. The maximum absolute atomic E-state index is 11.4. The highest BCUT2D eigenvalue weighted by atomic mass is 32.1. The van der Waals surface area contributed by atoms with Gasteiger partial charge in [-0.05, 0) is 42.2 Å². The van der Waals surface area contributed by atoms with Crippen LogP contribution in [0.25, 0.3) is 10.4 Å². The number of nitrogens with zero attached hydrogens (tertiary/aromatic N) is 1. The van der Waals surface area contributed by atoms with Crippen molar-refractivity contribution in [1.29, 1.82) is 0 Å². The van der Waals surface area contributed by atoms with Crippen LogP contribution in [0.4, 0.5) is 0 Å². The quantitative estimate of drug-likeness (QED) is 0.937. The van der Waals surface area contributed by atoms with E-state index in [9.17, 15) is 9.90 Å². The molecule has 0 amide bonds. The molecule has 1 aliphatic rings. The number of fused-ring (bicyclic) bond motifs is 1. The minimum atomic E-state index is -0.963. The smallest absolute Gasteiger partial charge is 0.356 e. The maximum atomic E-state index is 11.4. The van der Waals surface area contributed by atoms with E-state index in [4.69, 9.17) is 4.74 Å². The highest BCUT2D eigenvalue weighted by Gasteiger charge is 2.20. The standard InChI is InChI=1S/C15H15NO3S/c1-2-3-12-16-13(15(17)18)14(20-12)10-4-5-11-9(8-10)6-7-19-11/h4-5,8H,2-3,6-7H2,1H3,(H,17,18). The number of carboxylic acid groups (broad SMARTS) is 1. The van der Waals surface area contributed by atoms with E-state index in [-0.39, 0.29) is 5.69 Å². The predicted octanol–water partition coefficient (Wildman–Crippen LogP) is 3.40. The fourth-order valence-corrected chi connectivity index (χ4v) is 3.51. The van der Waals surface area contributed by atoms with Crippen LogP contribution in [0.3, 0.4) is 0 Å². The number of thiazole rings is 1. The molecule has 3 rings (SSSR count). The first-order valence-electron chi connectivity index (χ1n) is 6.68. The first-order valence-corrected chi connectivity index (χ1v) is 7.49. The number of aromatic nitrogens is 1. The largest absolute Gasteiger partial charge is 0.493 e. The summed E-state index contributed by atoms with van der Waals surface area (Å²) in [6.45, 7) is 2.77. The second-order valence-corrected chi connectivity index (χ2v) is 5.85. The Morgan fingerprint density at radius 1 is 1.50 bits per heavy atom. The molecule has 0 saturated carbocycles. The van der Waals surface area contributed by atoms with Crippen molar-refractivity contribution in [2.75, 3.05) is 6.61 Å². The number of hydrogen-bond donors (Lipinski definition) is 1. The highest BCUT2D eigenvalue weighted by Crippen LogP contribution is 2.35. The number of aromatic carboxylic acids is 1. The minimum Gasteiger partial charge on any atom is -0.493 e. The summed E-state index contributed by atoms with van der Waals surface area (Å²) in [4.78, 5) is 16.4. The van der Waals surface area contributed by atoms with Gasteiger partial charge in [-0.1, -0.05) is 6.92 Å². The van der Waals surface area contributed by atoms with Gasteiger partial charge >= 0.3 is 5.97 Å². The van der Waals surface area contributed by atoms with Crippen LogP contribution in [0, 0.1) is 0 Å². The van der Waals surface area contributed by atoms with Crippen LogP contribution in [0.15, 0.2) is 18.2 Å². The summed E-state index contributed by atoms with van der Waals surface area (Å²) in [6.07, 6.45) is 2.66. The summed E-state index contributed by atoms with van der Waals surface area (Å²) in [6, 6.07) is 5.86. The first-order chi connectivity index (χ1) is 9.69. The van der Waals surface area contributed by atoms with Gasteiger partial charge in [0.2, 0.25) is 0 Å². The molecule has 0 aliphatic carbocycles. The Labute approximate surface area is 121 Å².